The standard InChI is InChI=1S/C57H100O5/c1-4-7-10-13-16-19-22-25-26-27-28-29-30-31-34-37-40-43-46-49-52-60-53-55(62-57(59)51-48-45-42-39-36-33-24-21-18-15-12-9-6-3)54-61-56(58)50-47-44-41-38-35-32-23-20-17-14-11-8-5-2/h8,11-12,15,17,20-21,24-26,32,35,55H,4-7,9-10,13-14,16,18-19,22-23,27-31,33-34,36-54H2,1-3H3/b11-8-,15-12-,20-17-,24-21-,26-25-,35-32-. The zero-order chi connectivity index (χ0) is 44.9. The topological polar surface area (TPSA) is 61.8 Å². The first-order valence-electron chi connectivity index (χ1n) is 26.5. The van der Waals surface area contributed by atoms with Gasteiger partial charge in [-0.15, -0.1) is 0 Å². The maximum atomic E-state index is 12.8. The van der Waals surface area contributed by atoms with Gasteiger partial charge in [-0.1, -0.05) is 209 Å². The molecule has 0 rings (SSSR count). The number of esters is 2. The highest BCUT2D eigenvalue weighted by Gasteiger charge is 2.17. The summed E-state index contributed by atoms with van der Waals surface area (Å²) in [5.41, 5.74) is 0. The summed E-state index contributed by atoms with van der Waals surface area (Å²) in [4.78, 5) is 25.4. The lowest BCUT2D eigenvalue weighted by molar-refractivity contribution is -0.163. The number of ether oxygens (including phenoxy) is 3. The largest absolute Gasteiger partial charge is 0.462 e. The summed E-state index contributed by atoms with van der Waals surface area (Å²) >= 11 is 0. The minimum atomic E-state index is -0.557. The molecule has 0 saturated carbocycles. The van der Waals surface area contributed by atoms with Crippen LogP contribution in [0, 0.1) is 0 Å². The molecule has 0 fully saturated rings. The van der Waals surface area contributed by atoms with Crippen LogP contribution in [-0.4, -0.2) is 37.9 Å². The summed E-state index contributed by atoms with van der Waals surface area (Å²) in [5.74, 6) is -0.445. The van der Waals surface area contributed by atoms with Crippen molar-refractivity contribution in [3.63, 3.8) is 0 Å². The van der Waals surface area contributed by atoms with Crippen LogP contribution in [0.15, 0.2) is 72.9 Å². The highest BCUT2D eigenvalue weighted by molar-refractivity contribution is 5.70. The number of hydrogen-bond acceptors (Lipinski definition) is 5. The normalized spacial score (nSPS) is 12.8. The Morgan fingerprint density at radius 2 is 0.758 bits per heavy atom. The van der Waals surface area contributed by atoms with E-state index in [2.05, 4.69) is 93.7 Å². The van der Waals surface area contributed by atoms with Crippen molar-refractivity contribution in [2.45, 2.75) is 258 Å². The van der Waals surface area contributed by atoms with Crippen LogP contribution in [0.5, 0.6) is 0 Å². The van der Waals surface area contributed by atoms with Crippen molar-refractivity contribution in [3.8, 4) is 0 Å². The lowest BCUT2D eigenvalue weighted by Crippen LogP contribution is -2.30. The minimum absolute atomic E-state index is 0.0624. The maximum Gasteiger partial charge on any atom is 0.306 e. The van der Waals surface area contributed by atoms with Crippen molar-refractivity contribution in [2.24, 2.45) is 0 Å². The zero-order valence-corrected chi connectivity index (χ0v) is 41.1. The van der Waals surface area contributed by atoms with Gasteiger partial charge < -0.3 is 14.2 Å². The van der Waals surface area contributed by atoms with Gasteiger partial charge in [-0.3, -0.25) is 9.59 Å². The van der Waals surface area contributed by atoms with E-state index >= 15 is 0 Å². The second kappa shape index (κ2) is 52.7. The molecule has 62 heavy (non-hydrogen) atoms. The number of carbonyl (C=O) groups is 2. The van der Waals surface area contributed by atoms with E-state index in [0.29, 0.717) is 19.4 Å². The Bertz CT molecular complexity index is 1110. The molecule has 0 aromatic rings. The van der Waals surface area contributed by atoms with E-state index in [0.717, 1.165) is 96.3 Å². The third-order valence-electron chi connectivity index (χ3n) is 11.2. The molecule has 0 heterocycles. The Kier molecular flexibility index (Phi) is 50.4. The lowest BCUT2D eigenvalue weighted by Gasteiger charge is -2.18. The maximum absolute atomic E-state index is 12.8. The van der Waals surface area contributed by atoms with Gasteiger partial charge >= 0.3 is 11.9 Å². The average molecular weight is 865 g/mol. The van der Waals surface area contributed by atoms with Gasteiger partial charge in [0, 0.05) is 19.4 Å². The summed E-state index contributed by atoms with van der Waals surface area (Å²) in [7, 11) is 0. The highest BCUT2D eigenvalue weighted by Crippen LogP contribution is 2.14. The summed E-state index contributed by atoms with van der Waals surface area (Å²) in [6, 6.07) is 0. The van der Waals surface area contributed by atoms with Crippen molar-refractivity contribution in [3.05, 3.63) is 72.9 Å². The van der Waals surface area contributed by atoms with Crippen LogP contribution < -0.4 is 0 Å². The third-order valence-corrected chi connectivity index (χ3v) is 11.2. The van der Waals surface area contributed by atoms with Gasteiger partial charge in [0.1, 0.15) is 6.61 Å². The van der Waals surface area contributed by atoms with Crippen LogP contribution >= 0.6 is 0 Å². The van der Waals surface area contributed by atoms with E-state index in [-0.39, 0.29) is 25.2 Å². The fraction of sp³-hybridized carbons (Fsp3) is 0.754. The molecule has 0 saturated heterocycles. The van der Waals surface area contributed by atoms with Crippen molar-refractivity contribution in [1.29, 1.82) is 0 Å². The molecule has 0 aliphatic rings. The molecule has 0 N–H and O–H groups in total. The molecule has 1 atom stereocenters. The summed E-state index contributed by atoms with van der Waals surface area (Å²) in [5, 5.41) is 0. The van der Waals surface area contributed by atoms with E-state index in [9.17, 15) is 9.59 Å². The van der Waals surface area contributed by atoms with Crippen molar-refractivity contribution >= 4 is 11.9 Å². The predicted molar refractivity (Wildman–Crippen MR) is 270 cm³/mol. The molecule has 0 aliphatic heterocycles. The van der Waals surface area contributed by atoms with Crippen molar-refractivity contribution in [2.75, 3.05) is 19.8 Å². The van der Waals surface area contributed by atoms with Gasteiger partial charge in [0.2, 0.25) is 0 Å². The molecule has 1 unspecified atom stereocenters. The molecule has 0 aliphatic carbocycles. The number of rotatable bonds is 48. The van der Waals surface area contributed by atoms with Gasteiger partial charge in [-0.2, -0.15) is 0 Å². The van der Waals surface area contributed by atoms with Crippen LogP contribution in [0.4, 0.5) is 0 Å². The van der Waals surface area contributed by atoms with Crippen molar-refractivity contribution < 1.29 is 23.8 Å². The molecule has 0 bridgehead atoms. The summed E-state index contributed by atoms with van der Waals surface area (Å²) in [6.45, 7) is 7.61. The lowest BCUT2D eigenvalue weighted by atomic mass is 10.1. The van der Waals surface area contributed by atoms with E-state index in [1.165, 1.54) is 122 Å². The fourth-order valence-corrected chi connectivity index (χ4v) is 7.26. The van der Waals surface area contributed by atoms with E-state index < -0.39 is 6.10 Å². The van der Waals surface area contributed by atoms with Gasteiger partial charge in [-0.25, -0.2) is 0 Å². The Morgan fingerprint density at radius 1 is 0.371 bits per heavy atom. The summed E-state index contributed by atoms with van der Waals surface area (Å²) < 4.78 is 17.4. The third kappa shape index (κ3) is 50.0. The molecular weight excluding hydrogens is 765 g/mol. The van der Waals surface area contributed by atoms with Gasteiger partial charge in [-0.05, 0) is 103 Å². The second-order valence-electron chi connectivity index (χ2n) is 17.4. The molecule has 5 nitrogen and oxygen atoms in total. The Morgan fingerprint density at radius 3 is 1.26 bits per heavy atom. The molecule has 0 radical (unpaired) electrons. The average Bonchev–Trinajstić information content (AvgIpc) is 3.27. The quantitative estimate of drug-likeness (QED) is 0.0346. The molecule has 0 spiro atoms. The Labute approximate surface area is 385 Å². The monoisotopic (exact) mass is 865 g/mol. The minimum Gasteiger partial charge on any atom is -0.462 e. The van der Waals surface area contributed by atoms with Crippen LogP contribution in [0.3, 0.4) is 0 Å². The predicted octanol–water partition coefficient (Wildman–Crippen LogP) is 17.9. The summed E-state index contributed by atoms with van der Waals surface area (Å²) in [6.07, 6.45) is 67.8. The van der Waals surface area contributed by atoms with Gasteiger partial charge in [0.15, 0.2) is 6.10 Å². The first kappa shape index (κ1) is 59.3. The first-order chi connectivity index (χ1) is 30.6. The molecule has 0 aromatic heterocycles. The number of carbonyl (C=O) groups excluding carboxylic acids is 2. The Balaban J connectivity index is 4.26. The van der Waals surface area contributed by atoms with E-state index in [4.69, 9.17) is 14.2 Å². The van der Waals surface area contributed by atoms with Gasteiger partial charge in [0.25, 0.3) is 0 Å². The van der Waals surface area contributed by atoms with E-state index in [1.54, 1.807) is 0 Å². The number of allylic oxidation sites excluding steroid dienone is 12. The number of unbranched alkanes of at least 4 members (excludes halogenated alkanes) is 25. The van der Waals surface area contributed by atoms with Crippen LogP contribution in [0.25, 0.3) is 0 Å². The van der Waals surface area contributed by atoms with Gasteiger partial charge in [0.05, 0.1) is 6.61 Å². The number of hydrogen-bond donors (Lipinski definition) is 0. The SMILES string of the molecule is CC/C=C\C/C=C\C/C=C\CCCCCC(=O)OCC(COCCCCCCCCCCCC/C=C\CCCCCCCC)OC(=O)CCCCCCC/C=C\C/C=C\CCC. The Hall–Kier alpha value is -2.66. The molecule has 358 valence electrons. The van der Waals surface area contributed by atoms with Crippen LogP contribution in [-0.2, 0) is 23.8 Å². The van der Waals surface area contributed by atoms with Crippen LogP contribution in [0.1, 0.15) is 252 Å². The van der Waals surface area contributed by atoms with Crippen molar-refractivity contribution in [1.82, 2.24) is 0 Å². The molecular formula is C57H100O5. The molecule has 0 amide bonds. The fourth-order valence-electron chi connectivity index (χ4n) is 7.26. The second-order valence-corrected chi connectivity index (χ2v) is 17.4. The van der Waals surface area contributed by atoms with E-state index in [1.807, 2.05) is 0 Å². The molecule has 0 aromatic carbocycles. The van der Waals surface area contributed by atoms with Crippen LogP contribution in [0.2, 0.25) is 0 Å². The first-order valence-corrected chi connectivity index (χ1v) is 26.5. The highest BCUT2D eigenvalue weighted by atomic mass is 16.6. The smallest absolute Gasteiger partial charge is 0.306 e. The molecule has 5 heteroatoms. The zero-order valence-electron chi connectivity index (χ0n) is 41.1.